The number of hydrogen-bond acceptors (Lipinski definition) is 5. The highest BCUT2D eigenvalue weighted by atomic mass is 16.6. The van der Waals surface area contributed by atoms with Crippen LogP contribution in [-0.4, -0.2) is 34.9 Å². The van der Waals surface area contributed by atoms with Crippen LogP contribution in [0.5, 0.6) is 0 Å². The Morgan fingerprint density at radius 1 is 1.07 bits per heavy atom. The second-order valence-corrected chi connectivity index (χ2v) is 6.86. The molecule has 0 aliphatic carbocycles. The van der Waals surface area contributed by atoms with E-state index in [1.165, 1.54) is 0 Å². The van der Waals surface area contributed by atoms with Gasteiger partial charge in [0.1, 0.15) is 5.69 Å². The smallest absolute Gasteiger partial charge is 0.301 e. The van der Waals surface area contributed by atoms with Gasteiger partial charge in [-0.15, -0.1) is 0 Å². The number of anilines is 1. The first-order valence-corrected chi connectivity index (χ1v) is 9.26. The zero-order valence-electron chi connectivity index (χ0n) is 15.2. The number of pyridine rings is 1. The van der Waals surface area contributed by atoms with Gasteiger partial charge in [0.15, 0.2) is 0 Å². The lowest BCUT2D eigenvalue weighted by Gasteiger charge is -2.33. The van der Waals surface area contributed by atoms with Crippen molar-refractivity contribution in [1.29, 1.82) is 0 Å². The molecule has 3 aromatic rings. The number of piperidine rings is 1. The first kappa shape index (κ1) is 17.9. The summed E-state index contributed by atoms with van der Waals surface area (Å²) in [4.78, 5) is 30.0. The zero-order valence-corrected chi connectivity index (χ0v) is 15.2. The molecule has 7 heteroatoms. The highest BCUT2D eigenvalue weighted by Crippen LogP contribution is 2.36. The molecule has 4 rings (SSSR count). The van der Waals surface area contributed by atoms with Gasteiger partial charge in [-0.1, -0.05) is 18.2 Å². The number of rotatable bonds is 4. The molecular weight excluding hydrogens is 356 g/mol. The number of fused-ring (bicyclic) bond motifs is 1. The number of aromatic nitrogens is 1. The number of nitro benzene ring substituents is 1. The number of hydrogen-bond donors (Lipinski definition) is 1. The molecule has 0 unspecified atom stereocenters. The summed E-state index contributed by atoms with van der Waals surface area (Å²) in [6, 6.07) is 16.2. The molecule has 1 fully saturated rings. The normalized spacial score (nSPS) is 14.8. The van der Waals surface area contributed by atoms with Crippen molar-refractivity contribution in [3.8, 4) is 0 Å². The van der Waals surface area contributed by atoms with E-state index in [2.05, 4.69) is 10.3 Å². The van der Waals surface area contributed by atoms with Gasteiger partial charge >= 0.3 is 5.69 Å². The molecule has 7 nitrogen and oxygen atoms in total. The molecule has 1 aliphatic heterocycles. The molecule has 0 radical (unpaired) electrons. The maximum Gasteiger partial charge on any atom is 0.301 e. The molecule has 0 bridgehead atoms. The summed E-state index contributed by atoms with van der Waals surface area (Å²) < 4.78 is 0. The minimum absolute atomic E-state index is 0.0603. The first-order chi connectivity index (χ1) is 13.6. The van der Waals surface area contributed by atoms with Crippen LogP contribution in [-0.2, 0) is 0 Å². The Morgan fingerprint density at radius 2 is 1.82 bits per heavy atom. The van der Waals surface area contributed by atoms with Gasteiger partial charge in [-0.2, -0.15) is 0 Å². The van der Waals surface area contributed by atoms with Crippen molar-refractivity contribution in [3.05, 3.63) is 76.5 Å². The Labute approximate surface area is 162 Å². The number of amides is 1. The van der Waals surface area contributed by atoms with Crippen LogP contribution >= 0.6 is 0 Å². The second-order valence-electron chi connectivity index (χ2n) is 6.86. The minimum Gasteiger partial charge on any atom is -0.366 e. The van der Waals surface area contributed by atoms with Crippen molar-refractivity contribution in [2.75, 3.05) is 18.0 Å². The standard InChI is InChI=1S/C21H20N4O3/c26-21(15-5-2-1-3-6-15)23-16-10-13-24(14-11-16)19-9-8-18-17(7-4-12-22-18)20(19)25(27)28/h1-9,12,16H,10-11,13-14H2,(H,23,26). The fourth-order valence-electron chi connectivity index (χ4n) is 3.70. The van der Waals surface area contributed by atoms with Crippen LogP contribution < -0.4 is 10.2 Å². The van der Waals surface area contributed by atoms with E-state index in [-0.39, 0.29) is 22.6 Å². The fraction of sp³-hybridized carbons (Fsp3) is 0.238. The van der Waals surface area contributed by atoms with E-state index in [9.17, 15) is 14.9 Å². The SMILES string of the molecule is O=C(NC1CCN(c2ccc3ncccc3c2[N+](=O)[O-])CC1)c1ccccc1. The third kappa shape index (κ3) is 3.51. The largest absolute Gasteiger partial charge is 0.366 e. The van der Waals surface area contributed by atoms with Crippen LogP contribution in [0.4, 0.5) is 11.4 Å². The molecular formula is C21H20N4O3. The van der Waals surface area contributed by atoms with E-state index in [0.717, 1.165) is 12.8 Å². The van der Waals surface area contributed by atoms with Crippen molar-refractivity contribution >= 4 is 28.2 Å². The highest BCUT2D eigenvalue weighted by molar-refractivity contribution is 5.95. The summed E-state index contributed by atoms with van der Waals surface area (Å²) in [5.41, 5.74) is 1.96. The van der Waals surface area contributed by atoms with Gasteiger partial charge < -0.3 is 10.2 Å². The van der Waals surface area contributed by atoms with Crippen molar-refractivity contribution in [3.63, 3.8) is 0 Å². The Morgan fingerprint density at radius 3 is 2.54 bits per heavy atom. The molecule has 0 saturated carbocycles. The average Bonchev–Trinajstić information content (AvgIpc) is 2.74. The van der Waals surface area contributed by atoms with Crippen LogP contribution in [0.2, 0.25) is 0 Å². The quantitative estimate of drug-likeness (QED) is 0.556. The lowest BCUT2D eigenvalue weighted by molar-refractivity contribution is -0.382. The van der Waals surface area contributed by atoms with Crippen molar-refractivity contribution in [2.24, 2.45) is 0 Å². The lowest BCUT2D eigenvalue weighted by Crippen LogP contribution is -2.44. The maximum absolute atomic E-state index is 12.3. The zero-order chi connectivity index (χ0) is 19.5. The molecule has 1 aromatic heterocycles. The van der Waals surface area contributed by atoms with Gasteiger partial charge in [-0.3, -0.25) is 19.9 Å². The molecule has 1 amide bonds. The Hall–Kier alpha value is -3.48. The lowest BCUT2D eigenvalue weighted by atomic mass is 10.0. The van der Waals surface area contributed by atoms with Crippen LogP contribution in [0.3, 0.4) is 0 Å². The molecule has 142 valence electrons. The number of benzene rings is 2. The molecule has 1 aliphatic rings. The van der Waals surface area contributed by atoms with Gasteiger partial charge in [0.25, 0.3) is 5.91 Å². The van der Waals surface area contributed by atoms with E-state index in [1.54, 1.807) is 36.5 Å². The molecule has 2 heterocycles. The van der Waals surface area contributed by atoms with Gasteiger partial charge in [0, 0.05) is 30.9 Å². The third-order valence-electron chi connectivity index (χ3n) is 5.12. The van der Waals surface area contributed by atoms with Crippen molar-refractivity contribution < 1.29 is 9.72 Å². The molecule has 1 saturated heterocycles. The van der Waals surface area contributed by atoms with E-state index < -0.39 is 0 Å². The summed E-state index contributed by atoms with van der Waals surface area (Å²) in [7, 11) is 0. The Bertz CT molecular complexity index is 1010. The highest BCUT2D eigenvalue weighted by Gasteiger charge is 2.27. The van der Waals surface area contributed by atoms with Crippen molar-refractivity contribution in [2.45, 2.75) is 18.9 Å². The molecule has 28 heavy (non-hydrogen) atoms. The van der Waals surface area contributed by atoms with Crippen LogP contribution in [0.15, 0.2) is 60.8 Å². The number of nitrogens with one attached hydrogen (secondary N) is 1. The summed E-state index contributed by atoms with van der Waals surface area (Å²) >= 11 is 0. The summed E-state index contributed by atoms with van der Waals surface area (Å²) in [5.74, 6) is -0.0817. The van der Waals surface area contributed by atoms with Gasteiger partial charge in [-0.25, -0.2) is 0 Å². The minimum atomic E-state index is -0.331. The predicted molar refractivity (Wildman–Crippen MR) is 108 cm³/mol. The van der Waals surface area contributed by atoms with Crippen LogP contribution in [0.1, 0.15) is 23.2 Å². The van der Waals surface area contributed by atoms with Gasteiger partial charge in [0.05, 0.1) is 15.8 Å². The van der Waals surface area contributed by atoms with E-state index in [0.29, 0.717) is 35.2 Å². The average molecular weight is 376 g/mol. The second kappa shape index (κ2) is 7.64. The third-order valence-corrected chi connectivity index (χ3v) is 5.12. The molecule has 1 N–H and O–H groups in total. The summed E-state index contributed by atoms with van der Waals surface area (Å²) in [6.45, 7) is 1.29. The topological polar surface area (TPSA) is 88.4 Å². The number of carbonyl (C=O) groups excluding carboxylic acids is 1. The Balaban J connectivity index is 1.49. The monoisotopic (exact) mass is 376 g/mol. The van der Waals surface area contributed by atoms with E-state index in [1.807, 2.05) is 29.2 Å². The fourth-order valence-corrected chi connectivity index (χ4v) is 3.70. The molecule has 0 atom stereocenters. The molecule has 0 spiro atoms. The Kier molecular flexibility index (Phi) is 4.89. The number of carbonyl (C=O) groups is 1. The summed E-state index contributed by atoms with van der Waals surface area (Å²) in [6.07, 6.45) is 3.11. The van der Waals surface area contributed by atoms with E-state index >= 15 is 0 Å². The van der Waals surface area contributed by atoms with Crippen molar-refractivity contribution in [1.82, 2.24) is 10.3 Å². The number of nitrogens with zero attached hydrogens (tertiary/aromatic N) is 3. The number of nitro groups is 1. The van der Waals surface area contributed by atoms with E-state index in [4.69, 9.17) is 0 Å². The first-order valence-electron chi connectivity index (χ1n) is 9.26. The molecule has 2 aromatic carbocycles. The maximum atomic E-state index is 12.3. The van der Waals surface area contributed by atoms with Gasteiger partial charge in [-0.05, 0) is 49.2 Å². The van der Waals surface area contributed by atoms with Crippen LogP contribution in [0.25, 0.3) is 10.9 Å². The summed E-state index contributed by atoms with van der Waals surface area (Å²) in [5, 5.41) is 15.3. The predicted octanol–water partition coefficient (Wildman–Crippen LogP) is 3.54. The van der Waals surface area contributed by atoms with Gasteiger partial charge in [0.2, 0.25) is 0 Å². The van der Waals surface area contributed by atoms with Crippen LogP contribution in [0, 0.1) is 10.1 Å².